The molecule has 22 heavy (non-hydrogen) atoms. The normalized spacial score (nSPS) is 10.9. The highest BCUT2D eigenvalue weighted by atomic mass is 127. The molecule has 0 fully saturated rings. The molecule has 1 aromatic heterocycles. The summed E-state index contributed by atoms with van der Waals surface area (Å²) in [5.74, 6) is 0.628. The molecule has 3 N–H and O–H groups in total. The van der Waals surface area contributed by atoms with Crippen molar-refractivity contribution >= 4 is 59.0 Å². The van der Waals surface area contributed by atoms with Crippen LogP contribution in [0.5, 0.6) is 0 Å². The maximum absolute atomic E-state index is 10.8. The first-order valence-corrected chi connectivity index (χ1v) is 7.47. The van der Waals surface area contributed by atoms with Gasteiger partial charge in [-0.1, -0.05) is 23.2 Å². The van der Waals surface area contributed by atoms with Crippen molar-refractivity contribution in [1.82, 2.24) is 20.5 Å². The smallest absolute Gasteiger partial charge is 0.216 e. The molecule has 6 nitrogen and oxygen atoms in total. The zero-order valence-electron chi connectivity index (χ0n) is 12.9. The highest BCUT2D eigenvalue weighted by Crippen LogP contribution is 2.25. The summed E-state index contributed by atoms with van der Waals surface area (Å²) in [5.41, 5.74) is 0.920. The van der Waals surface area contributed by atoms with Gasteiger partial charge in [0, 0.05) is 39.3 Å². The Bertz CT molecular complexity index is 519. The summed E-state index contributed by atoms with van der Waals surface area (Å²) in [6.45, 7) is 5.82. The Morgan fingerprint density at radius 2 is 1.91 bits per heavy atom. The lowest BCUT2D eigenvalue weighted by atomic mass is 10.4. The second-order valence-electron chi connectivity index (χ2n) is 4.44. The maximum atomic E-state index is 10.8. The lowest BCUT2D eigenvalue weighted by Gasteiger charge is -2.11. The summed E-state index contributed by atoms with van der Waals surface area (Å²) in [5, 5.41) is 10.0. The first kappa shape index (κ1) is 21.3. The highest BCUT2D eigenvalue weighted by molar-refractivity contribution is 14.0. The van der Waals surface area contributed by atoms with Gasteiger partial charge in [0.25, 0.3) is 0 Å². The second-order valence-corrected chi connectivity index (χ2v) is 5.20. The molecule has 1 aromatic rings. The third-order valence-electron chi connectivity index (χ3n) is 2.75. The number of aromatic nitrogens is 1. The van der Waals surface area contributed by atoms with E-state index in [9.17, 15) is 4.79 Å². The van der Waals surface area contributed by atoms with Crippen molar-refractivity contribution in [2.24, 2.45) is 12.0 Å². The number of hydrogen-bond acceptors (Lipinski definition) is 2. The Hall–Kier alpha value is -0.670. The predicted octanol–water partition coefficient (Wildman–Crippen LogP) is 2.14. The van der Waals surface area contributed by atoms with E-state index in [4.69, 9.17) is 23.2 Å². The van der Waals surface area contributed by atoms with E-state index in [0.717, 1.165) is 12.2 Å². The van der Waals surface area contributed by atoms with Crippen molar-refractivity contribution in [1.29, 1.82) is 0 Å². The monoisotopic (exact) mass is 461 g/mol. The van der Waals surface area contributed by atoms with Crippen LogP contribution < -0.4 is 16.0 Å². The van der Waals surface area contributed by atoms with Crippen LogP contribution in [0.1, 0.15) is 19.5 Å². The van der Waals surface area contributed by atoms with Crippen molar-refractivity contribution in [2.75, 3.05) is 19.6 Å². The van der Waals surface area contributed by atoms with Crippen LogP contribution in [-0.2, 0) is 18.4 Å². The predicted molar refractivity (Wildman–Crippen MR) is 102 cm³/mol. The van der Waals surface area contributed by atoms with Crippen LogP contribution in [0.3, 0.4) is 0 Å². The largest absolute Gasteiger partial charge is 0.357 e. The van der Waals surface area contributed by atoms with Crippen molar-refractivity contribution in [3.8, 4) is 0 Å². The van der Waals surface area contributed by atoms with Gasteiger partial charge in [-0.2, -0.15) is 0 Å². The molecule has 0 aliphatic carbocycles. The van der Waals surface area contributed by atoms with Gasteiger partial charge in [0.1, 0.15) is 5.15 Å². The van der Waals surface area contributed by atoms with E-state index in [2.05, 4.69) is 20.9 Å². The minimum atomic E-state index is -0.0492. The number of nitrogens with one attached hydrogen (secondary N) is 3. The number of rotatable bonds is 6. The van der Waals surface area contributed by atoms with Crippen molar-refractivity contribution < 1.29 is 4.79 Å². The fourth-order valence-corrected chi connectivity index (χ4v) is 2.08. The van der Waals surface area contributed by atoms with Crippen LogP contribution in [0.15, 0.2) is 11.1 Å². The standard InChI is InChI=1S/C13H21Cl2N5O.HI/c1-4-16-13(18-6-5-17-9(2)21)19-8-10-7-11(14)12(15)20(10)3;/h7H,4-6,8H2,1-3H3,(H,17,21)(H2,16,18,19);1H. The average Bonchev–Trinajstić information content (AvgIpc) is 2.68. The summed E-state index contributed by atoms with van der Waals surface area (Å²) in [7, 11) is 1.84. The number of nitrogens with zero attached hydrogens (tertiary/aromatic N) is 2. The number of guanidine groups is 1. The number of hydrogen-bond donors (Lipinski definition) is 3. The van der Waals surface area contributed by atoms with E-state index in [1.165, 1.54) is 6.92 Å². The van der Waals surface area contributed by atoms with Gasteiger partial charge in [0.2, 0.25) is 5.91 Å². The summed E-state index contributed by atoms with van der Waals surface area (Å²) in [4.78, 5) is 15.2. The Labute approximate surface area is 158 Å². The highest BCUT2D eigenvalue weighted by Gasteiger charge is 2.08. The molecule has 126 valence electrons. The van der Waals surface area contributed by atoms with Gasteiger partial charge >= 0.3 is 0 Å². The van der Waals surface area contributed by atoms with Gasteiger partial charge in [-0.05, 0) is 13.0 Å². The Kier molecular flexibility index (Phi) is 10.6. The lowest BCUT2D eigenvalue weighted by molar-refractivity contribution is -0.118. The second kappa shape index (κ2) is 11.0. The zero-order chi connectivity index (χ0) is 15.8. The molecule has 1 amide bonds. The molecule has 9 heteroatoms. The molecule has 0 saturated carbocycles. The number of carbonyl (C=O) groups is 1. The van der Waals surface area contributed by atoms with E-state index in [-0.39, 0.29) is 29.9 Å². The molecule has 1 heterocycles. The van der Waals surface area contributed by atoms with Gasteiger partial charge in [-0.3, -0.25) is 4.79 Å². The summed E-state index contributed by atoms with van der Waals surface area (Å²) in [6, 6.07) is 1.80. The Morgan fingerprint density at radius 3 is 2.41 bits per heavy atom. The molecular formula is C13H22Cl2IN5O. The third kappa shape index (κ3) is 7.06. The SMILES string of the molecule is CCNC(=NCc1cc(Cl)c(Cl)n1C)NCCNC(C)=O.I. The fourth-order valence-electron chi connectivity index (χ4n) is 1.66. The van der Waals surface area contributed by atoms with Gasteiger partial charge in [-0.15, -0.1) is 24.0 Å². The molecular weight excluding hydrogens is 440 g/mol. The molecule has 0 aromatic carbocycles. The molecule has 0 radical (unpaired) electrons. The molecule has 0 saturated heterocycles. The van der Waals surface area contributed by atoms with Gasteiger partial charge in [-0.25, -0.2) is 4.99 Å². The van der Waals surface area contributed by atoms with Crippen LogP contribution in [-0.4, -0.2) is 36.1 Å². The summed E-state index contributed by atoms with van der Waals surface area (Å²) < 4.78 is 1.80. The minimum absolute atomic E-state index is 0. The first-order valence-electron chi connectivity index (χ1n) is 6.72. The quantitative estimate of drug-likeness (QED) is 0.263. The van der Waals surface area contributed by atoms with E-state index in [1.807, 2.05) is 14.0 Å². The molecule has 0 aliphatic heterocycles. The Balaban J connectivity index is 0.00000441. The topological polar surface area (TPSA) is 70.5 Å². The average molecular weight is 462 g/mol. The maximum Gasteiger partial charge on any atom is 0.216 e. The molecule has 0 atom stereocenters. The van der Waals surface area contributed by atoms with Crippen LogP contribution in [0.25, 0.3) is 0 Å². The van der Waals surface area contributed by atoms with Crippen LogP contribution in [0, 0.1) is 0 Å². The van der Waals surface area contributed by atoms with Gasteiger partial charge in [0.15, 0.2) is 5.96 Å². The number of halogens is 3. The number of carbonyl (C=O) groups excluding carboxylic acids is 1. The van der Waals surface area contributed by atoms with Crippen LogP contribution >= 0.6 is 47.2 Å². The minimum Gasteiger partial charge on any atom is -0.357 e. The molecule has 0 aliphatic rings. The van der Waals surface area contributed by atoms with Crippen molar-refractivity contribution in [2.45, 2.75) is 20.4 Å². The zero-order valence-corrected chi connectivity index (χ0v) is 16.7. The molecule has 0 unspecified atom stereocenters. The van der Waals surface area contributed by atoms with Crippen molar-refractivity contribution in [3.63, 3.8) is 0 Å². The van der Waals surface area contributed by atoms with Crippen LogP contribution in [0.2, 0.25) is 10.2 Å². The van der Waals surface area contributed by atoms with E-state index >= 15 is 0 Å². The van der Waals surface area contributed by atoms with Crippen LogP contribution in [0.4, 0.5) is 0 Å². The van der Waals surface area contributed by atoms with E-state index < -0.39 is 0 Å². The van der Waals surface area contributed by atoms with Gasteiger partial charge in [0.05, 0.1) is 11.6 Å². The number of amides is 1. The van der Waals surface area contributed by atoms with E-state index in [1.54, 1.807) is 10.6 Å². The molecule has 0 bridgehead atoms. The summed E-state index contributed by atoms with van der Waals surface area (Å²) >= 11 is 12.0. The number of aliphatic imine (C=N–C) groups is 1. The van der Waals surface area contributed by atoms with Crippen molar-refractivity contribution in [3.05, 3.63) is 21.9 Å². The third-order valence-corrected chi connectivity index (χ3v) is 3.59. The molecule has 1 rings (SSSR count). The lowest BCUT2D eigenvalue weighted by Crippen LogP contribution is -2.41. The fraction of sp³-hybridized carbons (Fsp3) is 0.538. The Morgan fingerprint density at radius 1 is 1.27 bits per heavy atom. The van der Waals surface area contributed by atoms with E-state index in [0.29, 0.717) is 35.8 Å². The summed E-state index contributed by atoms with van der Waals surface area (Å²) in [6.07, 6.45) is 0. The first-order chi connectivity index (χ1) is 9.95. The van der Waals surface area contributed by atoms with Gasteiger partial charge < -0.3 is 20.5 Å². The molecule has 0 spiro atoms.